The first kappa shape index (κ1) is 26.3. The van der Waals surface area contributed by atoms with Crippen molar-refractivity contribution >= 4 is 5.91 Å². The van der Waals surface area contributed by atoms with Gasteiger partial charge in [0.25, 0.3) is 0 Å². The smallest absolute Gasteiger partial charge is 0.224 e. The molecule has 4 rings (SSSR count). The number of likely N-dealkylation sites (tertiary alicyclic amines) is 1. The van der Waals surface area contributed by atoms with E-state index in [2.05, 4.69) is 10.2 Å². The van der Waals surface area contributed by atoms with Crippen molar-refractivity contribution in [2.24, 2.45) is 11.8 Å². The summed E-state index contributed by atoms with van der Waals surface area (Å²) in [5.41, 5.74) is 1.96. The number of rotatable bonds is 10. The first-order chi connectivity index (χ1) is 17.9. The molecule has 0 unspecified atom stereocenters. The number of amides is 1. The topological polar surface area (TPSA) is 80.3 Å². The number of ether oxygens (including phenoxy) is 3. The van der Waals surface area contributed by atoms with Crippen LogP contribution < -0.4 is 19.5 Å². The Kier molecular flexibility index (Phi) is 8.85. The summed E-state index contributed by atoms with van der Waals surface area (Å²) in [6.45, 7) is 2.76. The highest BCUT2D eigenvalue weighted by molar-refractivity contribution is 5.79. The van der Waals surface area contributed by atoms with E-state index in [1.54, 1.807) is 38.5 Å². The van der Waals surface area contributed by atoms with Gasteiger partial charge in [-0.25, -0.2) is 4.39 Å². The molecule has 1 aliphatic heterocycles. The van der Waals surface area contributed by atoms with Gasteiger partial charge in [-0.15, -0.1) is 0 Å². The molecule has 0 aliphatic carbocycles. The number of nitrogens with zero attached hydrogens (tertiary/aromatic N) is 1. The van der Waals surface area contributed by atoms with Gasteiger partial charge in [0.15, 0.2) is 11.5 Å². The first-order valence-corrected chi connectivity index (χ1v) is 12.3. The molecule has 1 saturated heterocycles. The largest absolute Gasteiger partial charge is 0.508 e. The molecule has 0 radical (unpaired) electrons. The number of benzene rings is 3. The predicted octanol–water partition coefficient (Wildman–Crippen LogP) is 4.38. The van der Waals surface area contributed by atoms with Crippen LogP contribution in [0.4, 0.5) is 4.39 Å². The second-order valence-corrected chi connectivity index (χ2v) is 9.33. The van der Waals surface area contributed by atoms with Crippen LogP contribution in [0, 0.1) is 17.7 Å². The average Bonchev–Trinajstić information content (AvgIpc) is 2.91. The Morgan fingerprint density at radius 1 is 1.00 bits per heavy atom. The van der Waals surface area contributed by atoms with Gasteiger partial charge >= 0.3 is 0 Å². The summed E-state index contributed by atoms with van der Waals surface area (Å²) in [5.74, 6) is 1.43. The minimum atomic E-state index is -0.345. The van der Waals surface area contributed by atoms with Crippen LogP contribution in [0.2, 0.25) is 0 Å². The van der Waals surface area contributed by atoms with Gasteiger partial charge in [-0.2, -0.15) is 0 Å². The van der Waals surface area contributed by atoms with Crippen LogP contribution in [-0.4, -0.2) is 49.8 Å². The Morgan fingerprint density at radius 2 is 1.76 bits per heavy atom. The van der Waals surface area contributed by atoms with E-state index in [0.29, 0.717) is 49.9 Å². The Morgan fingerprint density at radius 3 is 2.49 bits per heavy atom. The summed E-state index contributed by atoms with van der Waals surface area (Å²) >= 11 is 0. The van der Waals surface area contributed by atoms with Crippen molar-refractivity contribution < 1.29 is 28.5 Å². The molecule has 1 aliphatic rings. The molecule has 3 aromatic rings. The van der Waals surface area contributed by atoms with E-state index in [9.17, 15) is 14.3 Å². The number of methoxy groups -OCH3 is 2. The number of hydrogen-bond acceptors (Lipinski definition) is 6. The Hall–Kier alpha value is -3.78. The molecule has 0 aromatic heterocycles. The molecule has 3 aromatic carbocycles. The van der Waals surface area contributed by atoms with E-state index in [1.165, 1.54) is 12.1 Å². The number of hydrogen-bond donors (Lipinski definition) is 2. The van der Waals surface area contributed by atoms with Crippen molar-refractivity contribution in [2.45, 2.75) is 19.5 Å². The van der Waals surface area contributed by atoms with Gasteiger partial charge in [0.2, 0.25) is 5.91 Å². The van der Waals surface area contributed by atoms with Crippen molar-refractivity contribution in [2.75, 3.05) is 33.9 Å². The van der Waals surface area contributed by atoms with Gasteiger partial charge in [-0.3, -0.25) is 9.69 Å². The number of halogens is 1. The Bertz CT molecular complexity index is 1190. The molecule has 0 bridgehead atoms. The number of phenols is 1. The van der Waals surface area contributed by atoms with Gasteiger partial charge in [0.1, 0.15) is 17.3 Å². The molecular weight excluding hydrogens is 475 g/mol. The third-order valence-corrected chi connectivity index (χ3v) is 6.52. The summed E-state index contributed by atoms with van der Waals surface area (Å²) in [6.07, 6.45) is 0.666. The molecule has 7 nitrogen and oxygen atoms in total. The molecule has 1 heterocycles. The quantitative estimate of drug-likeness (QED) is 0.423. The van der Waals surface area contributed by atoms with E-state index >= 15 is 0 Å². The maximum atomic E-state index is 13.6. The monoisotopic (exact) mass is 508 g/mol. The molecule has 8 heteroatoms. The fraction of sp³-hybridized carbons (Fsp3) is 0.345. The van der Waals surface area contributed by atoms with E-state index in [0.717, 1.165) is 17.7 Å². The summed E-state index contributed by atoms with van der Waals surface area (Å²) in [6, 6.07) is 18.8. The summed E-state index contributed by atoms with van der Waals surface area (Å²) < 4.78 is 30.1. The maximum Gasteiger partial charge on any atom is 0.224 e. The van der Waals surface area contributed by atoms with Crippen molar-refractivity contribution in [3.63, 3.8) is 0 Å². The van der Waals surface area contributed by atoms with Crippen molar-refractivity contribution in [3.05, 3.63) is 83.7 Å². The molecule has 1 fully saturated rings. The highest BCUT2D eigenvalue weighted by atomic mass is 19.1. The number of carbonyl (C=O) groups excluding carboxylic acids is 1. The SMILES string of the molecule is COc1ccc(CNC(=O)[C@@H]2C[C@H](COc3cccc(F)c3)CN(Cc3ccc(O)cc3)C2)cc1OC. The van der Waals surface area contributed by atoms with Crippen molar-refractivity contribution in [1.29, 1.82) is 0 Å². The van der Waals surface area contributed by atoms with Gasteiger partial charge in [0.05, 0.1) is 26.7 Å². The van der Waals surface area contributed by atoms with Crippen LogP contribution in [0.15, 0.2) is 66.7 Å². The zero-order valence-electron chi connectivity index (χ0n) is 21.2. The lowest BCUT2D eigenvalue weighted by atomic mass is 9.88. The standard InChI is InChI=1S/C29H33FN2O5/c1-35-27-11-8-21(13-28(27)36-2)15-31-29(34)23-12-22(19-37-26-5-3-4-24(30)14-26)17-32(18-23)16-20-6-9-25(33)10-7-20/h3-11,13-14,22-23,33H,12,15-19H2,1-2H3,(H,31,34)/t22-,23+/m0/s1. The Balaban J connectivity index is 1.42. The van der Waals surface area contributed by atoms with Gasteiger partial charge in [0, 0.05) is 38.2 Å². The molecular formula is C29H33FN2O5. The van der Waals surface area contributed by atoms with E-state index < -0.39 is 0 Å². The fourth-order valence-corrected chi connectivity index (χ4v) is 4.70. The molecule has 2 N–H and O–H groups in total. The van der Waals surface area contributed by atoms with Gasteiger partial charge in [-0.1, -0.05) is 24.3 Å². The molecule has 0 saturated carbocycles. The van der Waals surface area contributed by atoms with Gasteiger partial charge < -0.3 is 24.6 Å². The summed E-state index contributed by atoms with van der Waals surface area (Å²) in [5, 5.41) is 12.7. The molecule has 37 heavy (non-hydrogen) atoms. The predicted molar refractivity (Wildman–Crippen MR) is 138 cm³/mol. The molecule has 196 valence electrons. The van der Waals surface area contributed by atoms with Crippen LogP contribution in [0.1, 0.15) is 17.5 Å². The highest BCUT2D eigenvalue weighted by Gasteiger charge is 2.32. The van der Waals surface area contributed by atoms with Crippen LogP contribution >= 0.6 is 0 Å². The normalized spacial score (nSPS) is 17.7. The lowest BCUT2D eigenvalue weighted by molar-refractivity contribution is -0.128. The Labute approximate surface area is 216 Å². The highest BCUT2D eigenvalue weighted by Crippen LogP contribution is 2.28. The summed E-state index contributed by atoms with van der Waals surface area (Å²) in [4.78, 5) is 15.5. The van der Waals surface area contributed by atoms with E-state index in [1.807, 2.05) is 30.3 Å². The van der Waals surface area contributed by atoms with Crippen LogP contribution in [0.25, 0.3) is 0 Å². The number of nitrogens with one attached hydrogen (secondary N) is 1. The minimum Gasteiger partial charge on any atom is -0.508 e. The minimum absolute atomic E-state index is 0.0269. The maximum absolute atomic E-state index is 13.6. The van der Waals surface area contributed by atoms with E-state index in [-0.39, 0.29) is 29.3 Å². The third-order valence-electron chi connectivity index (χ3n) is 6.52. The van der Waals surface area contributed by atoms with Crippen LogP contribution in [0.5, 0.6) is 23.0 Å². The number of carbonyl (C=O) groups is 1. The lowest BCUT2D eigenvalue weighted by Gasteiger charge is -2.37. The van der Waals surface area contributed by atoms with Crippen molar-refractivity contribution in [1.82, 2.24) is 10.2 Å². The molecule has 0 spiro atoms. The zero-order valence-corrected chi connectivity index (χ0v) is 21.2. The first-order valence-electron chi connectivity index (χ1n) is 12.3. The average molecular weight is 509 g/mol. The molecule has 1 amide bonds. The van der Waals surface area contributed by atoms with Crippen LogP contribution in [0.3, 0.4) is 0 Å². The van der Waals surface area contributed by atoms with Crippen LogP contribution in [-0.2, 0) is 17.9 Å². The summed E-state index contributed by atoms with van der Waals surface area (Å²) in [7, 11) is 3.16. The number of piperidine rings is 1. The lowest BCUT2D eigenvalue weighted by Crippen LogP contribution is -2.47. The third kappa shape index (κ3) is 7.36. The number of aromatic hydroxyl groups is 1. The molecule has 2 atom stereocenters. The van der Waals surface area contributed by atoms with Gasteiger partial charge in [-0.05, 0) is 53.9 Å². The number of phenolic OH excluding ortho intramolecular Hbond substituents is 1. The van der Waals surface area contributed by atoms with Crippen molar-refractivity contribution in [3.8, 4) is 23.0 Å². The second-order valence-electron chi connectivity index (χ2n) is 9.33. The second kappa shape index (κ2) is 12.5. The van der Waals surface area contributed by atoms with E-state index in [4.69, 9.17) is 14.2 Å². The zero-order chi connectivity index (χ0) is 26.2. The fourth-order valence-electron chi connectivity index (χ4n) is 4.70.